The normalized spacial score (nSPS) is 16.0. The highest BCUT2D eigenvalue weighted by Gasteiger charge is 2.39. The summed E-state index contributed by atoms with van der Waals surface area (Å²) in [6.45, 7) is 1.80. The second-order valence-corrected chi connectivity index (χ2v) is 8.01. The number of aromatic nitrogens is 1. The second kappa shape index (κ2) is 7.01. The van der Waals surface area contributed by atoms with Crippen molar-refractivity contribution in [3.05, 3.63) is 47.7 Å². The van der Waals surface area contributed by atoms with Gasteiger partial charge in [0.1, 0.15) is 11.9 Å². The molecule has 1 saturated heterocycles. The molecule has 146 valence electrons. The number of pyridine rings is 1. The summed E-state index contributed by atoms with van der Waals surface area (Å²) in [5.41, 5.74) is -0.190. The van der Waals surface area contributed by atoms with Gasteiger partial charge in [-0.2, -0.15) is 17.5 Å². The highest BCUT2D eigenvalue weighted by molar-refractivity contribution is 7.89. The van der Waals surface area contributed by atoms with Crippen molar-refractivity contribution in [2.75, 3.05) is 20.2 Å². The van der Waals surface area contributed by atoms with E-state index in [0.29, 0.717) is 11.3 Å². The van der Waals surface area contributed by atoms with Gasteiger partial charge < -0.3 is 9.47 Å². The summed E-state index contributed by atoms with van der Waals surface area (Å²) >= 11 is 0. The Balaban J connectivity index is 1.66. The Morgan fingerprint density at radius 1 is 1.19 bits per heavy atom. The van der Waals surface area contributed by atoms with Crippen molar-refractivity contribution < 1.29 is 31.1 Å². The van der Waals surface area contributed by atoms with E-state index >= 15 is 0 Å². The van der Waals surface area contributed by atoms with Gasteiger partial charge in [-0.05, 0) is 36.8 Å². The fourth-order valence-electron chi connectivity index (χ4n) is 2.65. The molecule has 0 bridgehead atoms. The molecule has 1 aliphatic rings. The summed E-state index contributed by atoms with van der Waals surface area (Å²) in [6, 6.07) is 6.17. The van der Waals surface area contributed by atoms with Crippen LogP contribution in [0.3, 0.4) is 0 Å². The van der Waals surface area contributed by atoms with E-state index in [4.69, 9.17) is 9.47 Å². The minimum Gasteiger partial charge on any atom is -0.496 e. The molecule has 0 N–H and O–H groups in total. The van der Waals surface area contributed by atoms with E-state index < -0.39 is 27.9 Å². The lowest BCUT2D eigenvalue weighted by atomic mass is 10.2. The fraction of sp³-hybridized carbons (Fsp3) is 0.353. The van der Waals surface area contributed by atoms with Gasteiger partial charge in [-0.3, -0.25) is 0 Å². The number of halogens is 3. The number of hydrogen-bond donors (Lipinski definition) is 0. The lowest BCUT2D eigenvalue weighted by Gasteiger charge is -2.37. The van der Waals surface area contributed by atoms with Crippen molar-refractivity contribution in [2.24, 2.45) is 0 Å². The van der Waals surface area contributed by atoms with E-state index in [9.17, 15) is 21.6 Å². The monoisotopic (exact) mass is 402 g/mol. The number of sulfonamides is 1. The number of nitrogens with zero attached hydrogens (tertiary/aromatic N) is 2. The van der Waals surface area contributed by atoms with E-state index in [1.807, 2.05) is 0 Å². The Kier molecular flexibility index (Phi) is 5.04. The molecule has 27 heavy (non-hydrogen) atoms. The summed E-state index contributed by atoms with van der Waals surface area (Å²) in [5.74, 6) is 0.390. The molecule has 0 atom stereocenters. The van der Waals surface area contributed by atoms with Crippen LogP contribution in [0.1, 0.15) is 11.1 Å². The van der Waals surface area contributed by atoms with E-state index in [-0.39, 0.29) is 23.9 Å². The van der Waals surface area contributed by atoms with Gasteiger partial charge in [0.15, 0.2) is 0 Å². The van der Waals surface area contributed by atoms with Crippen molar-refractivity contribution in [3.8, 4) is 11.6 Å². The quantitative estimate of drug-likeness (QED) is 0.769. The Bertz CT molecular complexity index is 941. The predicted octanol–water partition coefficient (Wildman–Crippen LogP) is 2.87. The number of benzene rings is 1. The average Bonchev–Trinajstić information content (AvgIpc) is 2.57. The standard InChI is InChI=1S/C17H17F3N2O4S/c1-11-7-14(3-4-15(11)25-2)27(23,24)22-9-13(10-22)26-16-8-12(5-6-21-16)17(18,19)20/h3-8,13H,9-10H2,1-2H3. The van der Waals surface area contributed by atoms with E-state index in [1.54, 1.807) is 13.0 Å². The SMILES string of the molecule is COc1ccc(S(=O)(=O)N2CC(Oc3cc(C(F)(F)F)ccn3)C2)cc1C. The van der Waals surface area contributed by atoms with E-state index in [0.717, 1.165) is 18.3 Å². The molecule has 0 saturated carbocycles. The van der Waals surface area contributed by atoms with E-state index in [2.05, 4.69) is 4.98 Å². The van der Waals surface area contributed by atoms with Crippen LogP contribution >= 0.6 is 0 Å². The molecule has 6 nitrogen and oxygen atoms in total. The highest BCUT2D eigenvalue weighted by atomic mass is 32.2. The first-order valence-corrected chi connectivity index (χ1v) is 9.40. The maximum absolute atomic E-state index is 12.7. The summed E-state index contributed by atoms with van der Waals surface area (Å²) in [5, 5.41) is 0. The van der Waals surface area contributed by atoms with Crippen molar-refractivity contribution in [1.29, 1.82) is 0 Å². The van der Waals surface area contributed by atoms with Crippen molar-refractivity contribution in [1.82, 2.24) is 9.29 Å². The fourth-order valence-corrected chi connectivity index (χ4v) is 4.24. The van der Waals surface area contributed by atoms with Crippen LogP contribution in [0.2, 0.25) is 0 Å². The number of methoxy groups -OCH3 is 1. The van der Waals surface area contributed by atoms with Gasteiger partial charge in [0, 0.05) is 12.3 Å². The van der Waals surface area contributed by atoms with Crippen LogP contribution in [0.25, 0.3) is 0 Å². The molecule has 1 aromatic heterocycles. The van der Waals surface area contributed by atoms with Crippen LogP contribution in [0.15, 0.2) is 41.4 Å². The molecule has 0 unspecified atom stereocenters. The Hall–Kier alpha value is -2.33. The predicted molar refractivity (Wildman–Crippen MR) is 90.1 cm³/mol. The topological polar surface area (TPSA) is 68.7 Å². The number of hydrogen-bond acceptors (Lipinski definition) is 5. The van der Waals surface area contributed by atoms with Gasteiger partial charge >= 0.3 is 6.18 Å². The zero-order valence-corrected chi connectivity index (χ0v) is 15.3. The smallest absolute Gasteiger partial charge is 0.416 e. The third kappa shape index (κ3) is 4.01. The number of alkyl halides is 3. The zero-order valence-electron chi connectivity index (χ0n) is 14.5. The van der Waals surface area contributed by atoms with Gasteiger partial charge in [0.05, 0.1) is 30.7 Å². The van der Waals surface area contributed by atoms with Crippen LogP contribution < -0.4 is 9.47 Å². The third-order valence-electron chi connectivity index (χ3n) is 4.17. The molecule has 1 fully saturated rings. The third-order valence-corrected chi connectivity index (χ3v) is 6.00. The Labute approximate surface area is 154 Å². The molecular weight excluding hydrogens is 385 g/mol. The van der Waals surface area contributed by atoms with Crippen LogP contribution in [0, 0.1) is 6.92 Å². The molecule has 0 aliphatic carbocycles. The highest BCUT2D eigenvalue weighted by Crippen LogP contribution is 2.32. The van der Waals surface area contributed by atoms with Crippen LogP contribution in [-0.4, -0.2) is 44.0 Å². The van der Waals surface area contributed by atoms with Crippen molar-refractivity contribution in [3.63, 3.8) is 0 Å². The Morgan fingerprint density at radius 2 is 1.89 bits per heavy atom. The first-order valence-electron chi connectivity index (χ1n) is 7.96. The molecule has 0 spiro atoms. The number of aryl methyl sites for hydroxylation is 1. The Morgan fingerprint density at radius 3 is 2.48 bits per heavy atom. The minimum absolute atomic E-state index is 0.0331. The molecule has 2 heterocycles. The first kappa shape index (κ1) is 19.4. The zero-order chi connectivity index (χ0) is 19.8. The van der Waals surface area contributed by atoms with Crippen LogP contribution in [-0.2, 0) is 16.2 Å². The van der Waals surface area contributed by atoms with E-state index in [1.165, 1.54) is 23.5 Å². The summed E-state index contributed by atoms with van der Waals surface area (Å²) in [6.07, 6.45) is -4.05. The molecule has 1 aromatic carbocycles. The maximum Gasteiger partial charge on any atom is 0.416 e. The molecule has 1 aliphatic heterocycles. The summed E-state index contributed by atoms with van der Waals surface area (Å²) < 4.78 is 75.1. The van der Waals surface area contributed by atoms with Gasteiger partial charge in [-0.25, -0.2) is 13.4 Å². The van der Waals surface area contributed by atoms with Crippen LogP contribution in [0.4, 0.5) is 13.2 Å². The molecule has 0 amide bonds. The molecule has 3 rings (SSSR count). The maximum atomic E-state index is 12.7. The average molecular weight is 402 g/mol. The largest absolute Gasteiger partial charge is 0.496 e. The molecule has 0 radical (unpaired) electrons. The van der Waals surface area contributed by atoms with Gasteiger partial charge in [-0.1, -0.05) is 0 Å². The lowest BCUT2D eigenvalue weighted by Crippen LogP contribution is -2.56. The molecule has 10 heteroatoms. The first-order chi connectivity index (χ1) is 12.6. The minimum atomic E-state index is -4.50. The van der Waals surface area contributed by atoms with Crippen molar-refractivity contribution in [2.45, 2.75) is 24.1 Å². The summed E-state index contributed by atoms with van der Waals surface area (Å²) in [4.78, 5) is 3.87. The van der Waals surface area contributed by atoms with Gasteiger partial charge in [-0.15, -0.1) is 0 Å². The molecule has 2 aromatic rings. The molecular formula is C17H17F3N2O4S. The summed E-state index contributed by atoms with van der Waals surface area (Å²) in [7, 11) is -2.21. The number of ether oxygens (including phenoxy) is 2. The van der Waals surface area contributed by atoms with Gasteiger partial charge in [0.2, 0.25) is 15.9 Å². The number of rotatable bonds is 5. The van der Waals surface area contributed by atoms with Gasteiger partial charge in [0.25, 0.3) is 0 Å². The van der Waals surface area contributed by atoms with Crippen LogP contribution in [0.5, 0.6) is 11.6 Å². The van der Waals surface area contributed by atoms with Crippen molar-refractivity contribution >= 4 is 10.0 Å². The lowest BCUT2D eigenvalue weighted by molar-refractivity contribution is -0.137. The second-order valence-electron chi connectivity index (χ2n) is 6.07.